The molecule has 0 saturated heterocycles. The number of halogens is 1. The van der Waals surface area contributed by atoms with E-state index in [0.29, 0.717) is 22.4 Å². The van der Waals surface area contributed by atoms with E-state index in [4.69, 9.17) is 20.8 Å². The number of rotatable bonds is 5. The van der Waals surface area contributed by atoms with Crippen LogP contribution in [0.1, 0.15) is 5.56 Å². The number of amides is 1. The van der Waals surface area contributed by atoms with Crippen LogP contribution in [0.25, 0.3) is 11.5 Å². The molecular weight excluding hydrogens is 330 g/mol. The highest BCUT2D eigenvalue weighted by Gasteiger charge is 2.11. The highest BCUT2D eigenvalue weighted by atomic mass is 35.5. The Morgan fingerprint density at radius 1 is 1.29 bits per heavy atom. The summed E-state index contributed by atoms with van der Waals surface area (Å²) in [6.07, 6.45) is 1.40. The van der Waals surface area contributed by atoms with Crippen molar-refractivity contribution in [2.75, 3.05) is 12.4 Å². The molecule has 0 aliphatic rings. The van der Waals surface area contributed by atoms with E-state index in [2.05, 4.69) is 15.5 Å². The van der Waals surface area contributed by atoms with E-state index in [-0.39, 0.29) is 12.3 Å². The van der Waals surface area contributed by atoms with Gasteiger partial charge in [0.1, 0.15) is 5.75 Å². The number of anilines is 1. The summed E-state index contributed by atoms with van der Waals surface area (Å²) in [5.74, 6) is 0.829. The fraction of sp³-hybridized carbons (Fsp3) is 0.118. The molecule has 0 atom stereocenters. The molecule has 6 nitrogen and oxygen atoms in total. The normalized spacial score (nSPS) is 10.4. The van der Waals surface area contributed by atoms with E-state index in [1.807, 2.05) is 6.07 Å². The molecule has 7 heteroatoms. The van der Waals surface area contributed by atoms with Crippen LogP contribution in [0.2, 0.25) is 5.02 Å². The number of carbonyl (C=O) groups is 1. The summed E-state index contributed by atoms with van der Waals surface area (Å²) in [6, 6.07) is 12.3. The molecule has 3 aromatic rings. The van der Waals surface area contributed by atoms with E-state index in [0.717, 1.165) is 11.1 Å². The lowest BCUT2D eigenvalue weighted by atomic mass is 10.1. The zero-order chi connectivity index (χ0) is 16.9. The predicted molar refractivity (Wildman–Crippen MR) is 90.1 cm³/mol. The van der Waals surface area contributed by atoms with Crippen molar-refractivity contribution in [2.45, 2.75) is 6.42 Å². The van der Waals surface area contributed by atoms with Gasteiger partial charge in [-0.05, 0) is 36.4 Å². The van der Waals surface area contributed by atoms with E-state index in [9.17, 15) is 4.79 Å². The van der Waals surface area contributed by atoms with Gasteiger partial charge in [-0.2, -0.15) is 0 Å². The number of aromatic nitrogens is 2. The van der Waals surface area contributed by atoms with Gasteiger partial charge in [-0.1, -0.05) is 17.7 Å². The lowest BCUT2D eigenvalue weighted by molar-refractivity contribution is -0.115. The first kappa shape index (κ1) is 16.0. The molecule has 1 heterocycles. The first-order valence-electron chi connectivity index (χ1n) is 7.14. The van der Waals surface area contributed by atoms with Gasteiger partial charge in [-0.15, -0.1) is 10.2 Å². The summed E-state index contributed by atoms with van der Waals surface area (Å²) in [5, 5.41) is 10.9. The van der Waals surface area contributed by atoms with Crippen LogP contribution < -0.4 is 10.1 Å². The minimum atomic E-state index is -0.182. The number of carbonyl (C=O) groups excluding carboxylic acids is 1. The van der Waals surface area contributed by atoms with Crippen molar-refractivity contribution >= 4 is 23.2 Å². The summed E-state index contributed by atoms with van der Waals surface area (Å²) >= 11 is 5.98. The maximum absolute atomic E-state index is 12.3. The van der Waals surface area contributed by atoms with E-state index in [1.165, 1.54) is 6.39 Å². The topological polar surface area (TPSA) is 77.2 Å². The highest BCUT2D eigenvalue weighted by Crippen LogP contribution is 2.24. The van der Waals surface area contributed by atoms with Gasteiger partial charge < -0.3 is 14.5 Å². The van der Waals surface area contributed by atoms with Crippen molar-refractivity contribution in [3.8, 4) is 17.2 Å². The van der Waals surface area contributed by atoms with Gasteiger partial charge in [0.25, 0.3) is 0 Å². The number of benzene rings is 2. The second-order valence-corrected chi connectivity index (χ2v) is 5.44. The largest absolute Gasteiger partial charge is 0.496 e. The SMILES string of the molecule is COc1ccc(Cl)cc1CC(=O)Nc1cccc(-c2nnco2)c1. The molecule has 122 valence electrons. The van der Waals surface area contributed by atoms with Crippen molar-refractivity contribution in [2.24, 2.45) is 0 Å². The zero-order valence-corrected chi connectivity index (χ0v) is 13.6. The van der Waals surface area contributed by atoms with Crippen LogP contribution in [0.3, 0.4) is 0 Å². The summed E-state index contributed by atoms with van der Waals surface area (Å²) in [6.45, 7) is 0. The van der Waals surface area contributed by atoms with Gasteiger partial charge in [0.05, 0.1) is 13.5 Å². The van der Waals surface area contributed by atoms with Gasteiger partial charge >= 0.3 is 0 Å². The maximum atomic E-state index is 12.3. The van der Waals surface area contributed by atoms with Crippen molar-refractivity contribution in [1.82, 2.24) is 10.2 Å². The molecule has 0 aliphatic carbocycles. The first-order valence-corrected chi connectivity index (χ1v) is 7.52. The number of hydrogen-bond acceptors (Lipinski definition) is 5. The minimum absolute atomic E-state index is 0.147. The van der Waals surface area contributed by atoms with Gasteiger partial charge in [0, 0.05) is 21.8 Å². The number of methoxy groups -OCH3 is 1. The lowest BCUT2D eigenvalue weighted by Gasteiger charge is -2.10. The number of nitrogens with zero attached hydrogens (tertiary/aromatic N) is 2. The van der Waals surface area contributed by atoms with Crippen LogP contribution in [0.15, 0.2) is 53.3 Å². The summed E-state index contributed by atoms with van der Waals surface area (Å²) < 4.78 is 10.4. The molecule has 1 amide bonds. The molecular formula is C17H14ClN3O3. The Kier molecular flexibility index (Phi) is 4.77. The standard InChI is InChI=1S/C17H14ClN3O3/c1-23-15-6-5-13(18)7-12(15)9-16(22)20-14-4-2-3-11(8-14)17-21-19-10-24-17/h2-8,10H,9H2,1H3,(H,20,22). The Morgan fingerprint density at radius 2 is 2.17 bits per heavy atom. The van der Waals surface area contributed by atoms with Crippen LogP contribution in [0.5, 0.6) is 5.75 Å². The molecule has 0 saturated carbocycles. The summed E-state index contributed by atoms with van der Waals surface area (Å²) in [7, 11) is 1.55. The molecule has 0 radical (unpaired) electrons. The van der Waals surface area contributed by atoms with E-state index in [1.54, 1.807) is 43.5 Å². The molecule has 3 rings (SSSR count). The van der Waals surface area contributed by atoms with Crippen LogP contribution >= 0.6 is 11.6 Å². The van der Waals surface area contributed by atoms with Gasteiger partial charge in [0.2, 0.25) is 18.2 Å². The molecule has 0 bridgehead atoms. The Bertz CT molecular complexity index is 850. The lowest BCUT2D eigenvalue weighted by Crippen LogP contribution is -2.15. The molecule has 0 aliphatic heterocycles. The Morgan fingerprint density at radius 3 is 2.92 bits per heavy atom. The third kappa shape index (κ3) is 3.72. The summed E-state index contributed by atoms with van der Waals surface area (Å²) in [4.78, 5) is 12.3. The van der Waals surface area contributed by atoms with Gasteiger partial charge in [-0.25, -0.2) is 0 Å². The van der Waals surface area contributed by atoms with Crippen LogP contribution in [-0.2, 0) is 11.2 Å². The smallest absolute Gasteiger partial charge is 0.247 e. The molecule has 0 spiro atoms. The first-order chi connectivity index (χ1) is 11.7. The molecule has 0 unspecified atom stereocenters. The Balaban J connectivity index is 1.74. The van der Waals surface area contributed by atoms with Crippen molar-refractivity contribution in [1.29, 1.82) is 0 Å². The van der Waals surface area contributed by atoms with Gasteiger partial charge in [0.15, 0.2) is 0 Å². The minimum Gasteiger partial charge on any atom is -0.496 e. The fourth-order valence-corrected chi connectivity index (χ4v) is 2.49. The summed E-state index contributed by atoms with van der Waals surface area (Å²) in [5.41, 5.74) is 2.08. The predicted octanol–water partition coefficient (Wildman–Crippen LogP) is 3.58. The Hall–Kier alpha value is -2.86. The monoisotopic (exact) mass is 343 g/mol. The van der Waals surface area contributed by atoms with Crippen molar-refractivity contribution in [3.63, 3.8) is 0 Å². The second kappa shape index (κ2) is 7.14. The average Bonchev–Trinajstić information content (AvgIpc) is 3.10. The second-order valence-electron chi connectivity index (χ2n) is 5.01. The molecule has 24 heavy (non-hydrogen) atoms. The quantitative estimate of drug-likeness (QED) is 0.766. The van der Waals surface area contributed by atoms with E-state index < -0.39 is 0 Å². The zero-order valence-electron chi connectivity index (χ0n) is 12.8. The van der Waals surface area contributed by atoms with Gasteiger partial charge in [-0.3, -0.25) is 4.79 Å². The molecule has 1 N–H and O–H groups in total. The molecule has 2 aromatic carbocycles. The van der Waals surface area contributed by atoms with Crippen molar-refractivity contribution in [3.05, 3.63) is 59.4 Å². The fourth-order valence-electron chi connectivity index (χ4n) is 2.29. The Labute approximate surface area is 143 Å². The average molecular weight is 344 g/mol. The number of ether oxygens (including phenoxy) is 1. The number of hydrogen-bond donors (Lipinski definition) is 1. The third-order valence-electron chi connectivity index (χ3n) is 3.35. The maximum Gasteiger partial charge on any atom is 0.247 e. The third-order valence-corrected chi connectivity index (χ3v) is 3.58. The van der Waals surface area contributed by atoms with Crippen molar-refractivity contribution < 1.29 is 13.9 Å². The van der Waals surface area contributed by atoms with E-state index >= 15 is 0 Å². The highest BCUT2D eigenvalue weighted by molar-refractivity contribution is 6.30. The molecule has 1 aromatic heterocycles. The van der Waals surface area contributed by atoms with Crippen LogP contribution in [0.4, 0.5) is 5.69 Å². The molecule has 0 fully saturated rings. The number of nitrogens with one attached hydrogen (secondary N) is 1. The van der Waals surface area contributed by atoms with Crippen LogP contribution in [-0.4, -0.2) is 23.2 Å². The van der Waals surface area contributed by atoms with Crippen LogP contribution in [0, 0.1) is 0 Å².